The average Bonchev–Trinajstić information content (AvgIpc) is 3.21. The van der Waals surface area contributed by atoms with Crippen molar-refractivity contribution >= 4 is 46.0 Å². The first-order chi connectivity index (χ1) is 18.8. The monoisotopic (exact) mass is 577 g/mol. The van der Waals surface area contributed by atoms with Crippen molar-refractivity contribution < 1.29 is 46.5 Å². The van der Waals surface area contributed by atoms with Crippen LogP contribution in [-0.2, 0) is 11.0 Å². The summed E-state index contributed by atoms with van der Waals surface area (Å²) in [6.45, 7) is 1.55. The number of ketones is 2. The second kappa shape index (κ2) is 9.40. The maximum Gasteiger partial charge on any atom is 0.417 e. The number of rotatable bonds is 4. The lowest BCUT2D eigenvalue weighted by molar-refractivity contribution is -0.136. The molecule has 0 fully saturated rings. The van der Waals surface area contributed by atoms with Gasteiger partial charge in [0.15, 0.2) is 17.3 Å². The summed E-state index contributed by atoms with van der Waals surface area (Å²) < 4.78 is 61.5. The Labute approximate surface area is 228 Å². The third kappa shape index (κ3) is 4.01. The summed E-state index contributed by atoms with van der Waals surface area (Å²) in [4.78, 5) is 42.5. The molecule has 2 aromatic carbocycles. The highest BCUT2D eigenvalue weighted by Crippen LogP contribution is 2.54. The molecule has 9 nitrogen and oxygen atoms in total. The molecular weight excluding hydrogens is 559 g/mol. The van der Waals surface area contributed by atoms with Crippen LogP contribution in [0.1, 0.15) is 29.3 Å². The van der Waals surface area contributed by atoms with E-state index < -0.39 is 46.2 Å². The van der Waals surface area contributed by atoms with Crippen LogP contribution in [0.5, 0.6) is 17.2 Å². The third-order valence-electron chi connectivity index (χ3n) is 6.89. The Morgan fingerprint density at radius 1 is 1.12 bits per heavy atom. The molecule has 1 aliphatic heterocycles. The highest BCUT2D eigenvalue weighted by Gasteiger charge is 2.60. The van der Waals surface area contributed by atoms with Gasteiger partial charge in [0, 0.05) is 42.1 Å². The quantitative estimate of drug-likeness (QED) is 0.313. The van der Waals surface area contributed by atoms with Crippen LogP contribution in [0, 0.1) is 5.92 Å². The molecule has 13 heteroatoms. The van der Waals surface area contributed by atoms with Gasteiger partial charge in [0.05, 0.1) is 31.0 Å². The van der Waals surface area contributed by atoms with E-state index in [4.69, 9.17) is 30.2 Å². The minimum atomic E-state index is -4.80. The number of methoxy groups -OCH3 is 2. The number of aliphatic hydroxyl groups is 1. The molecule has 1 N–H and O–H groups in total. The molecule has 1 aromatic heterocycles. The zero-order valence-corrected chi connectivity index (χ0v) is 21.8. The van der Waals surface area contributed by atoms with Gasteiger partial charge in [-0.1, -0.05) is 18.5 Å². The summed E-state index contributed by atoms with van der Waals surface area (Å²) in [5, 5.41) is 10.9. The van der Waals surface area contributed by atoms with E-state index in [-0.39, 0.29) is 56.5 Å². The number of benzene rings is 2. The number of Topliss-reactive ketones (excluding diaryl/α,β-unsaturated/α-hetero) is 2. The summed E-state index contributed by atoms with van der Waals surface area (Å²) in [5.74, 6) is -2.65. The maximum absolute atomic E-state index is 13.8. The lowest BCUT2D eigenvalue weighted by Crippen LogP contribution is -2.52. The van der Waals surface area contributed by atoms with Gasteiger partial charge in [-0.2, -0.15) is 13.2 Å². The van der Waals surface area contributed by atoms with Crippen molar-refractivity contribution in [3.8, 4) is 17.2 Å². The highest BCUT2D eigenvalue weighted by molar-refractivity contribution is 6.35. The van der Waals surface area contributed by atoms with Gasteiger partial charge >= 0.3 is 11.8 Å². The largest absolute Gasteiger partial charge is 0.507 e. The molecule has 0 saturated carbocycles. The van der Waals surface area contributed by atoms with Crippen LogP contribution in [0.2, 0.25) is 5.02 Å². The lowest BCUT2D eigenvalue weighted by Gasteiger charge is -2.36. The van der Waals surface area contributed by atoms with E-state index in [1.165, 1.54) is 26.4 Å². The smallest absolute Gasteiger partial charge is 0.417 e. The number of carbonyl (C=O) groups is 2. The normalized spacial score (nSPS) is 20.9. The molecule has 3 aromatic rings. The van der Waals surface area contributed by atoms with Crippen LogP contribution in [-0.4, -0.2) is 42.7 Å². The maximum atomic E-state index is 13.8. The first-order valence-corrected chi connectivity index (χ1v) is 12.1. The standard InChI is InChI=1S/C27H19ClF3NO8/c1-11-6-16(33)14(10-32-12-4-5-13-15(27(29,30)31)8-20(34)39-17(13)7-12)24(35)26(11)25(36)21-18(37-2)9-19(38-3)22(28)23(21)40-26/h4-5,7-11,35H,6H2,1-3H3. The van der Waals surface area contributed by atoms with Crippen molar-refractivity contribution in [1.82, 2.24) is 0 Å². The molecule has 0 bridgehead atoms. The average molecular weight is 578 g/mol. The number of aliphatic imine (C=N–C) groups is 1. The zero-order chi connectivity index (χ0) is 29.1. The second-order valence-corrected chi connectivity index (χ2v) is 9.55. The molecule has 40 heavy (non-hydrogen) atoms. The van der Waals surface area contributed by atoms with Crippen LogP contribution in [0.15, 0.2) is 55.9 Å². The van der Waals surface area contributed by atoms with Crippen molar-refractivity contribution in [1.29, 1.82) is 0 Å². The van der Waals surface area contributed by atoms with Gasteiger partial charge in [-0.05, 0) is 12.1 Å². The summed E-state index contributed by atoms with van der Waals surface area (Å²) in [6.07, 6.45) is -4.04. The molecular formula is C27H19ClF3NO8. The van der Waals surface area contributed by atoms with Gasteiger partial charge in [-0.3, -0.25) is 14.6 Å². The first-order valence-electron chi connectivity index (χ1n) is 11.7. The summed E-state index contributed by atoms with van der Waals surface area (Å²) in [7, 11) is 2.68. The minimum absolute atomic E-state index is 0.00662. The fraction of sp³-hybridized carbons (Fsp3) is 0.259. The summed E-state index contributed by atoms with van der Waals surface area (Å²) in [6, 6.07) is 5.10. The zero-order valence-electron chi connectivity index (χ0n) is 21.0. The Hall–Kier alpha value is -4.32. The van der Waals surface area contributed by atoms with Gasteiger partial charge in [0.25, 0.3) is 0 Å². The predicted molar refractivity (Wildman–Crippen MR) is 136 cm³/mol. The van der Waals surface area contributed by atoms with Crippen LogP contribution in [0.3, 0.4) is 0 Å². The number of hydrogen-bond acceptors (Lipinski definition) is 9. The highest BCUT2D eigenvalue weighted by atomic mass is 35.5. The number of carbonyl (C=O) groups excluding carboxylic acids is 2. The van der Waals surface area contributed by atoms with Crippen LogP contribution in [0.25, 0.3) is 11.0 Å². The number of halogens is 4. The van der Waals surface area contributed by atoms with Crippen molar-refractivity contribution in [3.63, 3.8) is 0 Å². The number of nitrogens with zero attached hydrogens (tertiary/aromatic N) is 1. The van der Waals surface area contributed by atoms with Gasteiger partial charge < -0.3 is 23.7 Å². The molecule has 0 radical (unpaired) electrons. The molecule has 1 spiro atoms. The van der Waals surface area contributed by atoms with E-state index in [1.54, 1.807) is 6.92 Å². The fourth-order valence-electron chi connectivity index (χ4n) is 4.92. The number of fused-ring (bicyclic) bond motifs is 2. The van der Waals surface area contributed by atoms with Gasteiger partial charge in [-0.15, -0.1) is 0 Å². The Kier molecular flexibility index (Phi) is 6.41. The van der Waals surface area contributed by atoms with E-state index >= 15 is 0 Å². The number of allylic oxidation sites excluding steroid dienone is 1. The fourth-order valence-corrected chi connectivity index (χ4v) is 5.18. The summed E-state index contributed by atoms with van der Waals surface area (Å²) >= 11 is 6.40. The molecule has 2 atom stereocenters. The molecule has 208 valence electrons. The second-order valence-electron chi connectivity index (χ2n) is 9.17. The van der Waals surface area contributed by atoms with Crippen molar-refractivity contribution in [2.45, 2.75) is 25.1 Å². The van der Waals surface area contributed by atoms with E-state index in [0.29, 0.717) is 6.07 Å². The van der Waals surface area contributed by atoms with Gasteiger partial charge in [0.1, 0.15) is 27.7 Å². The molecule has 0 saturated heterocycles. The van der Waals surface area contributed by atoms with Crippen LogP contribution >= 0.6 is 11.6 Å². The molecule has 5 rings (SSSR count). The molecule has 1 aliphatic carbocycles. The van der Waals surface area contributed by atoms with Gasteiger partial charge in [0.2, 0.25) is 11.4 Å². The Morgan fingerprint density at radius 2 is 1.82 bits per heavy atom. The molecule has 2 aliphatic rings. The first kappa shape index (κ1) is 27.3. The number of ether oxygens (including phenoxy) is 3. The van der Waals surface area contributed by atoms with Crippen LogP contribution < -0.4 is 19.8 Å². The van der Waals surface area contributed by atoms with E-state index in [0.717, 1.165) is 18.3 Å². The molecule has 2 heterocycles. The number of hydrogen-bond donors (Lipinski definition) is 1. The predicted octanol–water partition coefficient (Wildman–Crippen LogP) is 5.62. The number of aliphatic hydroxyl groups excluding tert-OH is 1. The van der Waals surface area contributed by atoms with E-state index in [2.05, 4.69) is 4.99 Å². The Morgan fingerprint density at radius 3 is 2.48 bits per heavy atom. The minimum Gasteiger partial charge on any atom is -0.507 e. The summed E-state index contributed by atoms with van der Waals surface area (Å²) in [5.41, 5.74) is -5.18. The Bertz CT molecular complexity index is 1730. The van der Waals surface area contributed by atoms with Crippen molar-refractivity contribution in [2.75, 3.05) is 14.2 Å². The number of alkyl halides is 3. The van der Waals surface area contributed by atoms with E-state index in [9.17, 15) is 32.7 Å². The van der Waals surface area contributed by atoms with Gasteiger partial charge in [-0.25, -0.2) is 4.79 Å². The SMILES string of the molecule is COc1cc(OC)c2c(c1Cl)OC1(C2=O)C(O)=C(C=Nc2ccc3c(C(F)(F)F)cc(=O)oc3c2)C(=O)CC1C. The topological polar surface area (TPSA) is 125 Å². The lowest BCUT2D eigenvalue weighted by atomic mass is 9.73. The van der Waals surface area contributed by atoms with Crippen molar-refractivity contribution in [2.24, 2.45) is 10.9 Å². The van der Waals surface area contributed by atoms with E-state index in [1.807, 2.05) is 0 Å². The molecule has 2 unspecified atom stereocenters. The van der Waals surface area contributed by atoms with Crippen LogP contribution in [0.4, 0.5) is 18.9 Å². The third-order valence-corrected chi connectivity index (χ3v) is 7.25. The van der Waals surface area contributed by atoms with Crippen molar-refractivity contribution in [3.05, 3.63) is 68.2 Å². The Balaban J connectivity index is 1.60. The molecule has 0 amide bonds.